The van der Waals surface area contributed by atoms with Gasteiger partial charge in [0.25, 0.3) is 11.6 Å². The normalized spacial score (nSPS) is 10.2. The van der Waals surface area contributed by atoms with Crippen LogP contribution in [0.1, 0.15) is 16.2 Å². The maximum absolute atomic E-state index is 11.9. The average molecular weight is 260 g/mol. The van der Waals surface area contributed by atoms with Crippen LogP contribution in [-0.4, -0.2) is 20.6 Å². The average Bonchev–Trinajstić information content (AvgIpc) is 2.70. The molecule has 0 fully saturated rings. The van der Waals surface area contributed by atoms with E-state index in [1.165, 1.54) is 24.3 Å². The van der Waals surface area contributed by atoms with Crippen molar-refractivity contribution < 1.29 is 9.72 Å². The van der Waals surface area contributed by atoms with Crippen molar-refractivity contribution in [3.63, 3.8) is 0 Å². The Hall–Kier alpha value is -2.70. The molecule has 2 aromatic rings. The summed E-state index contributed by atoms with van der Waals surface area (Å²) in [5.41, 5.74) is 1.64. The van der Waals surface area contributed by atoms with Crippen LogP contribution in [0, 0.1) is 17.0 Å². The van der Waals surface area contributed by atoms with Crippen molar-refractivity contribution >= 4 is 17.3 Å². The van der Waals surface area contributed by atoms with Crippen LogP contribution in [0.25, 0.3) is 0 Å². The molecule has 0 saturated carbocycles. The van der Waals surface area contributed by atoms with Gasteiger partial charge in [-0.05, 0) is 25.1 Å². The van der Waals surface area contributed by atoms with Crippen molar-refractivity contribution in [2.45, 2.75) is 6.92 Å². The maximum atomic E-state index is 11.9. The number of benzene rings is 1. The van der Waals surface area contributed by atoms with Crippen LogP contribution in [-0.2, 0) is 7.05 Å². The van der Waals surface area contributed by atoms with E-state index in [2.05, 4.69) is 10.4 Å². The third-order valence-corrected chi connectivity index (χ3v) is 2.68. The Balaban J connectivity index is 2.12. The summed E-state index contributed by atoms with van der Waals surface area (Å²) in [4.78, 5) is 21.9. The zero-order valence-electron chi connectivity index (χ0n) is 10.5. The third-order valence-electron chi connectivity index (χ3n) is 2.68. The van der Waals surface area contributed by atoms with Gasteiger partial charge in [-0.1, -0.05) is 0 Å². The number of carbonyl (C=O) groups is 1. The first-order valence-corrected chi connectivity index (χ1v) is 5.54. The lowest BCUT2D eigenvalue weighted by Crippen LogP contribution is -2.12. The minimum Gasteiger partial charge on any atom is -0.321 e. The number of amides is 1. The summed E-state index contributed by atoms with van der Waals surface area (Å²) in [6, 6.07) is 7.29. The van der Waals surface area contributed by atoms with Gasteiger partial charge in [0.2, 0.25) is 0 Å². The number of nitrogens with zero attached hydrogens (tertiary/aromatic N) is 3. The van der Waals surface area contributed by atoms with Crippen molar-refractivity contribution in [2.75, 3.05) is 5.32 Å². The van der Waals surface area contributed by atoms with E-state index < -0.39 is 4.92 Å². The lowest BCUT2D eigenvalue weighted by molar-refractivity contribution is -0.384. The number of anilines is 1. The molecule has 0 aliphatic carbocycles. The summed E-state index contributed by atoms with van der Waals surface area (Å²) >= 11 is 0. The number of nitro benzene ring substituents is 1. The third kappa shape index (κ3) is 2.76. The van der Waals surface area contributed by atoms with E-state index in [-0.39, 0.29) is 11.6 Å². The van der Waals surface area contributed by atoms with Crippen molar-refractivity contribution in [3.05, 3.63) is 51.8 Å². The molecule has 98 valence electrons. The standard InChI is InChI=1S/C12H12N4O3/c1-8-7-11(14-15(8)2)12(17)13-9-3-5-10(6-4-9)16(18)19/h3-7H,1-2H3,(H,13,17). The fraction of sp³-hybridized carbons (Fsp3) is 0.167. The number of nitrogens with one attached hydrogen (secondary N) is 1. The molecule has 0 unspecified atom stereocenters. The van der Waals surface area contributed by atoms with Crippen LogP contribution in [0.5, 0.6) is 0 Å². The summed E-state index contributed by atoms with van der Waals surface area (Å²) in [6.07, 6.45) is 0. The van der Waals surface area contributed by atoms with Crippen LogP contribution in [0.4, 0.5) is 11.4 Å². The molecule has 1 heterocycles. The monoisotopic (exact) mass is 260 g/mol. The Bertz CT molecular complexity index is 611. The number of aromatic nitrogens is 2. The number of rotatable bonds is 3. The minimum atomic E-state index is -0.492. The molecule has 0 radical (unpaired) electrons. The molecule has 1 aromatic carbocycles. The molecule has 0 atom stereocenters. The highest BCUT2D eigenvalue weighted by atomic mass is 16.6. The molecule has 1 aromatic heterocycles. The highest BCUT2D eigenvalue weighted by Crippen LogP contribution is 2.16. The van der Waals surface area contributed by atoms with Gasteiger partial charge in [-0.2, -0.15) is 5.10 Å². The number of hydrogen-bond donors (Lipinski definition) is 1. The minimum absolute atomic E-state index is 0.0216. The molecule has 19 heavy (non-hydrogen) atoms. The number of non-ortho nitro benzene ring substituents is 1. The number of aryl methyl sites for hydroxylation is 2. The first-order valence-electron chi connectivity index (χ1n) is 5.54. The molecule has 7 heteroatoms. The highest BCUT2D eigenvalue weighted by Gasteiger charge is 2.12. The van der Waals surface area contributed by atoms with Gasteiger partial charge in [0, 0.05) is 30.6 Å². The predicted molar refractivity (Wildman–Crippen MR) is 69.0 cm³/mol. The van der Waals surface area contributed by atoms with E-state index in [9.17, 15) is 14.9 Å². The molecule has 0 aliphatic rings. The second-order valence-corrected chi connectivity index (χ2v) is 4.05. The molecule has 2 rings (SSSR count). The van der Waals surface area contributed by atoms with Crippen molar-refractivity contribution in [2.24, 2.45) is 7.05 Å². The van der Waals surface area contributed by atoms with Gasteiger partial charge in [-0.25, -0.2) is 0 Å². The van der Waals surface area contributed by atoms with Crippen LogP contribution in [0.3, 0.4) is 0 Å². The first kappa shape index (κ1) is 12.7. The van der Waals surface area contributed by atoms with Gasteiger partial charge >= 0.3 is 0 Å². The van der Waals surface area contributed by atoms with Crippen molar-refractivity contribution in [1.82, 2.24) is 9.78 Å². The topological polar surface area (TPSA) is 90.1 Å². The second kappa shape index (κ2) is 4.89. The van der Waals surface area contributed by atoms with Crippen LogP contribution < -0.4 is 5.32 Å². The van der Waals surface area contributed by atoms with Gasteiger partial charge in [0.05, 0.1) is 4.92 Å². The van der Waals surface area contributed by atoms with Gasteiger partial charge in [-0.3, -0.25) is 19.6 Å². The van der Waals surface area contributed by atoms with E-state index in [1.807, 2.05) is 6.92 Å². The summed E-state index contributed by atoms with van der Waals surface area (Å²) in [5, 5.41) is 17.2. The van der Waals surface area contributed by atoms with Gasteiger partial charge < -0.3 is 5.32 Å². The molecule has 0 saturated heterocycles. The predicted octanol–water partition coefficient (Wildman–Crippen LogP) is 1.89. The molecule has 1 amide bonds. The molecule has 0 bridgehead atoms. The fourth-order valence-corrected chi connectivity index (χ4v) is 1.53. The summed E-state index contributed by atoms with van der Waals surface area (Å²) < 4.78 is 1.60. The number of carbonyl (C=O) groups excluding carboxylic acids is 1. The van der Waals surface area contributed by atoms with E-state index in [1.54, 1.807) is 17.8 Å². The second-order valence-electron chi connectivity index (χ2n) is 4.05. The Labute approximate surface area is 109 Å². The van der Waals surface area contributed by atoms with Crippen molar-refractivity contribution in [3.8, 4) is 0 Å². The Morgan fingerprint density at radius 1 is 1.37 bits per heavy atom. The lowest BCUT2D eigenvalue weighted by atomic mass is 10.2. The van der Waals surface area contributed by atoms with Crippen molar-refractivity contribution in [1.29, 1.82) is 0 Å². The van der Waals surface area contributed by atoms with Crippen LogP contribution in [0.15, 0.2) is 30.3 Å². The van der Waals surface area contributed by atoms with Gasteiger partial charge in [0.1, 0.15) is 0 Å². The zero-order valence-corrected chi connectivity index (χ0v) is 10.5. The summed E-state index contributed by atoms with van der Waals surface area (Å²) in [6.45, 7) is 1.84. The van der Waals surface area contributed by atoms with E-state index in [0.29, 0.717) is 11.4 Å². The molecule has 0 aliphatic heterocycles. The Morgan fingerprint density at radius 3 is 2.47 bits per heavy atom. The molecule has 0 spiro atoms. The van der Waals surface area contributed by atoms with E-state index in [0.717, 1.165) is 5.69 Å². The van der Waals surface area contributed by atoms with E-state index >= 15 is 0 Å². The summed E-state index contributed by atoms with van der Waals surface area (Å²) in [7, 11) is 1.75. The maximum Gasteiger partial charge on any atom is 0.276 e. The highest BCUT2D eigenvalue weighted by molar-refractivity contribution is 6.02. The Kier molecular flexibility index (Phi) is 3.28. The van der Waals surface area contributed by atoms with Crippen LogP contribution in [0.2, 0.25) is 0 Å². The molecule has 1 N–H and O–H groups in total. The first-order chi connectivity index (χ1) is 8.97. The fourth-order valence-electron chi connectivity index (χ4n) is 1.53. The molecular formula is C12H12N4O3. The number of nitro groups is 1. The quantitative estimate of drug-likeness (QED) is 0.674. The van der Waals surface area contributed by atoms with Gasteiger partial charge in [0.15, 0.2) is 5.69 Å². The van der Waals surface area contributed by atoms with Crippen LogP contribution >= 0.6 is 0 Å². The zero-order chi connectivity index (χ0) is 14.0. The SMILES string of the molecule is Cc1cc(C(=O)Nc2ccc([N+](=O)[O-])cc2)nn1C. The van der Waals surface area contributed by atoms with Gasteiger partial charge in [-0.15, -0.1) is 0 Å². The number of hydrogen-bond acceptors (Lipinski definition) is 4. The Morgan fingerprint density at radius 2 is 2.00 bits per heavy atom. The lowest BCUT2D eigenvalue weighted by Gasteiger charge is -2.02. The van der Waals surface area contributed by atoms with E-state index in [4.69, 9.17) is 0 Å². The smallest absolute Gasteiger partial charge is 0.276 e. The molecule has 7 nitrogen and oxygen atoms in total. The summed E-state index contributed by atoms with van der Waals surface area (Å²) in [5.74, 6) is -0.349. The molecular weight excluding hydrogens is 248 g/mol. The largest absolute Gasteiger partial charge is 0.321 e.